The number of benzene rings is 3. The maximum Gasteiger partial charge on any atom is 0.266 e. The van der Waals surface area contributed by atoms with E-state index in [9.17, 15) is 9.59 Å². The number of anilines is 2. The Bertz CT molecular complexity index is 1230. The summed E-state index contributed by atoms with van der Waals surface area (Å²) in [4.78, 5) is 34.5. The Kier molecular flexibility index (Phi) is 5.20. The zero-order chi connectivity index (χ0) is 22.6. The molecule has 2 aliphatic rings. The molecule has 0 aromatic heterocycles. The lowest BCUT2D eigenvalue weighted by Crippen LogP contribution is -2.37. The Morgan fingerprint density at radius 2 is 1.62 bits per heavy atom. The van der Waals surface area contributed by atoms with E-state index in [0.29, 0.717) is 21.3 Å². The van der Waals surface area contributed by atoms with Crippen LogP contribution in [0.5, 0.6) is 0 Å². The van der Waals surface area contributed by atoms with Gasteiger partial charge in [-0.25, -0.2) is 9.96 Å². The highest BCUT2D eigenvalue weighted by atomic mass is 35.5. The molecule has 0 bridgehead atoms. The van der Waals surface area contributed by atoms with E-state index in [1.54, 1.807) is 29.3 Å². The summed E-state index contributed by atoms with van der Waals surface area (Å²) in [5.41, 5.74) is 3.90. The third-order valence-electron chi connectivity index (χ3n) is 6.00. The summed E-state index contributed by atoms with van der Waals surface area (Å²) < 4.78 is 0. The van der Waals surface area contributed by atoms with Crippen LogP contribution in [-0.2, 0) is 14.4 Å². The van der Waals surface area contributed by atoms with Crippen molar-refractivity contribution in [2.45, 2.75) is 26.0 Å². The quantitative estimate of drug-likeness (QED) is 0.467. The molecule has 162 valence electrons. The van der Waals surface area contributed by atoms with Gasteiger partial charge in [0.05, 0.1) is 17.4 Å². The standard InChI is InChI=1S/C25H20Cl2N2O3/c1-14-8-11-20(15(2)12-14)28-24(30)21-22(18-10-9-16(26)13-19(18)27)29(32-23(21)25(28)31)17-6-4-3-5-7-17/h3-13,21-23H,1-2H3/t21-,22-,23+/m1/s1. The number of carbonyl (C=O) groups is 2. The highest BCUT2D eigenvalue weighted by Gasteiger charge is 2.60. The van der Waals surface area contributed by atoms with Crippen LogP contribution in [0.1, 0.15) is 22.7 Å². The van der Waals surface area contributed by atoms with Crippen molar-refractivity contribution in [1.82, 2.24) is 0 Å². The number of aryl methyl sites for hydroxylation is 2. The molecule has 5 rings (SSSR count). The number of halogens is 2. The van der Waals surface area contributed by atoms with Gasteiger partial charge in [-0.05, 0) is 55.3 Å². The average Bonchev–Trinajstić information content (AvgIpc) is 3.26. The van der Waals surface area contributed by atoms with Gasteiger partial charge in [0, 0.05) is 10.0 Å². The third kappa shape index (κ3) is 3.28. The second-order valence-corrected chi connectivity index (χ2v) is 8.97. The molecular formula is C25H20Cl2N2O3. The molecule has 32 heavy (non-hydrogen) atoms. The number of amides is 2. The first-order chi connectivity index (χ1) is 15.4. The topological polar surface area (TPSA) is 49.9 Å². The van der Waals surface area contributed by atoms with E-state index in [0.717, 1.165) is 16.8 Å². The fourth-order valence-corrected chi connectivity index (χ4v) is 5.08. The molecule has 2 aliphatic heterocycles. The molecule has 0 spiro atoms. The van der Waals surface area contributed by atoms with Gasteiger partial charge in [0.25, 0.3) is 5.91 Å². The predicted octanol–water partition coefficient (Wildman–Crippen LogP) is 5.66. The zero-order valence-electron chi connectivity index (χ0n) is 17.5. The van der Waals surface area contributed by atoms with E-state index in [-0.39, 0.29) is 11.8 Å². The number of fused-ring (bicyclic) bond motifs is 1. The SMILES string of the molecule is Cc1ccc(N2C(=O)[C@H]3[C@H](ON(c4ccccc4)[C@@H]3c3ccc(Cl)cc3Cl)C2=O)c(C)c1. The predicted molar refractivity (Wildman–Crippen MR) is 125 cm³/mol. The number of hydrogen-bond donors (Lipinski definition) is 0. The number of carbonyl (C=O) groups excluding carboxylic acids is 2. The van der Waals surface area contributed by atoms with Crippen LogP contribution in [0.15, 0.2) is 66.7 Å². The third-order valence-corrected chi connectivity index (χ3v) is 6.56. The molecule has 3 aromatic rings. The zero-order valence-corrected chi connectivity index (χ0v) is 19.0. The fourth-order valence-electron chi connectivity index (χ4n) is 4.56. The molecule has 3 atom stereocenters. The van der Waals surface area contributed by atoms with Gasteiger partial charge in [0.15, 0.2) is 6.10 Å². The van der Waals surface area contributed by atoms with Gasteiger partial charge in [-0.15, -0.1) is 0 Å². The van der Waals surface area contributed by atoms with E-state index in [4.69, 9.17) is 28.0 Å². The Labute approximate surface area is 196 Å². The minimum absolute atomic E-state index is 0.304. The molecule has 2 saturated heterocycles. The van der Waals surface area contributed by atoms with E-state index in [1.807, 2.05) is 56.3 Å². The number of imide groups is 1. The van der Waals surface area contributed by atoms with Crippen molar-refractivity contribution in [3.63, 3.8) is 0 Å². The van der Waals surface area contributed by atoms with Crippen LogP contribution in [0.3, 0.4) is 0 Å². The molecule has 3 aromatic carbocycles. The molecule has 0 N–H and O–H groups in total. The monoisotopic (exact) mass is 466 g/mol. The van der Waals surface area contributed by atoms with Gasteiger partial charge < -0.3 is 0 Å². The molecule has 2 heterocycles. The number of para-hydroxylation sites is 1. The normalized spacial score (nSPS) is 22.6. The number of hydrogen-bond acceptors (Lipinski definition) is 4. The maximum absolute atomic E-state index is 13.7. The van der Waals surface area contributed by atoms with Crippen molar-refractivity contribution in [1.29, 1.82) is 0 Å². The molecule has 0 unspecified atom stereocenters. The van der Waals surface area contributed by atoms with Crippen LogP contribution >= 0.6 is 23.2 Å². The molecule has 7 heteroatoms. The Balaban J connectivity index is 1.62. The number of nitrogens with zero attached hydrogens (tertiary/aromatic N) is 2. The summed E-state index contributed by atoms with van der Waals surface area (Å²) in [6.07, 6.45) is -0.944. The highest BCUT2D eigenvalue weighted by molar-refractivity contribution is 6.35. The van der Waals surface area contributed by atoms with Crippen molar-refractivity contribution >= 4 is 46.4 Å². The summed E-state index contributed by atoms with van der Waals surface area (Å²) in [7, 11) is 0. The largest absolute Gasteiger partial charge is 0.273 e. The highest BCUT2D eigenvalue weighted by Crippen LogP contribution is 2.49. The minimum atomic E-state index is -0.944. The summed E-state index contributed by atoms with van der Waals surface area (Å²) >= 11 is 12.7. The number of hydroxylamine groups is 1. The van der Waals surface area contributed by atoms with Gasteiger partial charge in [-0.1, -0.05) is 65.2 Å². The van der Waals surface area contributed by atoms with Crippen LogP contribution in [0.25, 0.3) is 0 Å². The smallest absolute Gasteiger partial charge is 0.266 e. The first kappa shape index (κ1) is 21.0. The number of rotatable bonds is 3. The van der Waals surface area contributed by atoms with Gasteiger partial charge >= 0.3 is 0 Å². The van der Waals surface area contributed by atoms with E-state index < -0.39 is 18.1 Å². The molecule has 0 aliphatic carbocycles. The molecular weight excluding hydrogens is 447 g/mol. The lowest BCUT2D eigenvalue weighted by molar-refractivity contribution is -0.126. The van der Waals surface area contributed by atoms with Gasteiger partial charge in [-0.3, -0.25) is 14.4 Å². The Morgan fingerprint density at radius 1 is 0.875 bits per heavy atom. The van der Waals surface area contributed by atoms with Crippen LogP contribution in [0, 0.1) is 19.8 Å². The first-order valence-corrected chi connectivity index (χ1v) is 11.0. The van der Waals surface area contributed by atoms with Gasteiger partial charge in [0.1, 0.15) is 5.92 Å². The van der Waals surface area contributed by atoms with Crippen LogP contribution in [0.2, 0.25) is 10.0 Å². The Hall–Kier alpha value is -2.86. The second kappa shape index (κ2) is 7.93. The van der Waals surface area contributed by atoms with Gasteiger partial charge in [-0.2, -0.15) is 0 Å². The lowest BCUT2D eigenvalue weighted by Gasteiger charge is -2.29. The van der Waals surface area contributed by atoms with Crippen molar-refractivity contribution in [3.8, 4) is 0 Å². The molecule has 2 fully saturated rings. The van der Waals surface area contributed by atoms with Crippen LogP contribution in [-0.4, -0.2) is 17.9 Å². The van der Waals surface area contributed by atoms with Crippen molar-refractivity contribution in [2.75, 3.05) is 9.96 Å². The molecule has 0 radical (unpaired) electrons. The maximum atomic E-state index is 13.7. The average molecular weight is 467 g/mol. The van der Waals surface area contributed by atoms with Crippen molar-refractivity contribution in [3.05, 3.63) is 93.5 Å². The summed E-state index contributed by atoms with van der Waals surface area (Å²) in [5.74, 6) is -1.43. The van der Waals surface area contributed by atoms with Crippen molar-refractivity contribution < 1.29 is 14.4 Å². The minimum Gasteiger partial charge on any atom is -0.273 e. The van der Waals surface area contributed by atoms with Crippen molar-refractivity contribution in [2.24, 2.45) is 5.92 Å². The molecule has 5 nitrogen and oxygen atoms in total. The van der Waals surface area contributed by atoms with E-state index >= 15 is 0 Å². The molecule has 0 saturated carbocycles. The molecule has 2 amide bonds. The summed E-state index contributed by atoms with van der Waals surface area (Å²) in [6, 6.07) is 19.6. The van der Waals surface area contributed by atoms with Crippen LogP contribution in [0.4, 0.5) is 11.4 Å². The lowest BCUT2D eigenvalue weighted by atomic mass is 9.90. The van der Waals surface area contributed by atoms with E-state index in [1.165, 1.54) is 4.90 Å². The summed E-state index contributed by atoms with van der Waals surface area (Å²) in [5, 5.41) is 2.53. The van der Waals surface area contributed by atoms with Gasteiger partial charge in [0.2, 0.25) is 5.91 Å². The fraction of sp³-hybridized carbons (Fsp3) is 0.200. The summed E-state index contributed by atoms with van der Waals surface area (Å²) in [6.45, 7) is 3.86. The first-order valence-electron chi connectivity index (χ1n) is 10.3. The van der Waals surface area contributed by atoms with E-state index in [2.05, 4.69) is 0 Å². The second-order valence-electron chi connectivity index (χ2n) is 8.13. The van der Waals surface area contributed by atoms with Crippen LogP contribution < -0.4 is 9.96 Å². The Morgan fingerprint density at radius 3 is 2.31 bits per heavy atom.